The molecule has 134 valence electrons. The van der Waals surface area contributed by atoms with E-state index in [-0.39, 0.29) is 10.8 Å². The number of nitrogens with one attached hydrogen (secondary N) is 1. The van der Waals surface area contributed by atoms with Crippen LogP contribution >= 0.6 is 11.6 Å². The molecule has 0 aliphatic heterocycles. The molecule has 1 aromatic heterocycles. The molecule has 25 heavy (non-hydrogen) atoms. The van der Waals surface area contributed by atoms with Crippen molar-refractivity contribution in [1.29, 1.82) is 0 Å². The molecule has 7 heteroatoms. The van der Waals surface area contributed by atoms with Crippen molar-refractivity contribution >= 4 is 27.3 Å². The third kappa shape index (κ3) is 5.16. The second-order valence-corrected chi connectivity index (χ2v) is 8.85. The lowest BCUT2D eigenvalue weighted by Gasteiger charge is -2.16. The monoisotopic (exact) mass is 379 g/mol. The molecule has 1 aliphatic carbocycles. The SMILES string of the molecule is O=S(=O)(Cc1ccc(Cl)cc1)c1ccc(NC2CCCCCC2)nn1. The number of aromatic nitrogens is 2. The summed E-state index contributed by atoms with van der Waals surface area (Å²) in [5, 5.41) is 11.9. The van der Waals surface area contributed by atoms with Crippen LogP contribution in [0.3, 0.4) is 0 Å². The van der Waals surface area contributed by atoms with Gasteiger partial charge in [-0.25, -0.2) is 8.42 Å². The van der Waals surface area contributed by atoms with Gasteiger partial charge in [0.2, 0.25) is 9.84 Å². The van der Waals surface area contributed by atoms with Gasteiger partial charge in [0.05, 0.1) is 5.75 Å². The summed E-state index contributed by atoms with van der Waals surface area (Å²) >= 11 is 5.83. The van der Waals surface area contributed by atoms with Gasteiger partial charge in [-0.15, -0.1) is 10.2 Å². The van der Waals surface area contributed by atoms with Gasteiger partial charge < -0.3 is 5.32 Å². The van der Waals surface area contributed by atoms with Crippen LogP contribution in [0.2, 0.25) is 5.02 Å². The van der Waals surface area contributed by atoms with Crippen LogP contribution < -0.4 is 5.32 Å². The average Bonchev–Trinajstić information content (AvgIpc) is 2.86. The first-order valence-corrected chi connectivity index (χ1v) is 10.6. The fourth-order valence-electron chi connectivity index (χ4n) is 3.07. The van der Waals surface area contributed by atoms with Gasteiger partial charge in [0.25, 0.3) is 0 Å². The first kappa shape index (κ1) is 18.1. The number of hydrogen-bond acceptors (Lipinski definition) is 5. The molecule has 0 bridgehead atoms. The van der Waals surface area contributed by atoms with Gasteiger partial charge in [0, 0.05) is 11.1 Å². The van der Waals surface area contributed by atoms with Crippen molar-refractivity contribution in [3.63, 3.8) is 0 Å². The van der Waals surface area contributed by atoms with E-state index in [1.807, 2.05) is 0 Å². The van der Waals surface area contributed by atoms with Gasteiger partial charge in [-0.3, -0.25) is 0 Å². The Hall–Kier alpha value is -1.66. The van der Waals surface area contributed by atoms with E-state index in [4.69, 9.17) is 11.6 Å². The topological polar surface area (TPSA) is 72.0 Å². The van der Waals surface area contributed by atoms with Crippen molar-refractivity contribution in [3.8, 4) is 0 Å². The summed E-state index contributed by atoms with van der Waals surface area (Å²) in [5.74, 6) is 0.520. The quantitative estimate of drug-likeness (QED) is 0.786. The lowest BCUT2D eigenvalue weighted by Crippen LogP contribution is -2.19. The number of hydrogen-bond donors (Lipinski definition) is 1. The Morgan fingerprint density at radius 1 is 0.960 bits per heavy atom. The van der Waals surface area contributed by atoms with Crippen LogP contribution in [0.25, 0.3) is 0 Å². The van der Waals surface area contributed by atoms with Crippen LogP contribution in [0, 0.1) is 0 Å². The Morgan fingerprint density at radius 3 is 2.24 bits per heavy atom. The van der Waals surface area contributed by atoms with E-state index >= 15 is 0 Å². The van der Waals surface area contributed by atoms with Crippen molar-refractivity contribution in [2.24, 2.45) is 0 Å². The second kappa shape index (κ2) is 8.15. The maximum atomic E-state index is 12.5. The van der Waals surface area contributed by atoms with Crippen LogP contribution in [0.4, 0.5) is 5.82 Å². The minimum atomic E-state index is -3.53. The van der Waals surface area contributed by atoms with Crippen LogP contribution in [0.5, 0.6) is 0 Å². The minimum absolute atomic E-state index is 0.00568. The molecule has 0 unspecified atom stereocenters. The van der Waals surface area contributed by atoms with Gasteiger partial charge in [-0.1, -0.05) is 49.4 Å². The number of rotatable bonds is 5. The highest BCUT2D eigenvalue weighted by molar-refractivity contribution is 7.90. The summed E-state index contributed by atoms with van der Waals surface area (Å²) in [5.41, 5.74) is 0.673. The van der Waals surface area contributed by atoms with Gasteiger partial charge in [0.1, 0.15) is 5.82 Å². The first-order valence-electron chi connectivity index (χ1n) is 8.60. The highest BCUT2D eigenvalue weighted by atomic mass is 35.5. The van der Waals surface area contributed by atoms with Crippen molar-refractivity contribution in [3.05, 3.63) is 47.0 Å². The number of anilines is 1. The molecule has 1 saturated carbocycles. The van der Waals surface area contributed by atoms with Crippen molar-refractivity contribution in [1.82, 2.24) is 10.2 Å². The maximum Gasteiger partial charge on any atom is 0.201 e. The molecular formula is C18H22ClN3O2S. The minimum Gasteiger partial charge on any atom is -0.366 e. The lowest BCUT2D eigenvalue weighted by atomic mass is 10.1. The molecule has 0 amide bonds. The van der Waals surface area contributed by atoms with Gasteiger partial charge in [-0.2, -0.15) is 0 Å². The zero-order valence-corrected chi connectivity index (χ0v) is 15.6. The van der Waals surface area contributed by atoms with Crippen molar-refractivity contribution < 1.29 is 8.42 Å². The number of sulfone groups is 1. The predicted molar refractivity (Wildman–Crippen MR) is 99.5 cm³/mol. The third-order valence-electron chi connectivity index (χ3n) is 4.44. The van der Waals surface area contributed by atoms with Crippen LogP contribution in [0.1, 0.15) is 44.1 Å². The molecule has 0 spiro atoms. The van der Waals surface area contributed by atoms with Crippen LogP contribution in [-0.4, -0.2) is 24.7 Å². The highest BCUT2D eigenvalue weighted by Crippen LogP contribution is 2.21. The number of nitrogens with zero attached hydrogens (tertiary/aromatic N) is 2. The molecule has 1 aliphatic rings. The second-order valence-electron chi connectivity index (χ2n) is 6.48. The number of halogens is 1. The molecule has 0 atom stereocenters. The Kier molecular flexibility index (Phi) is 5.91. The third-order valence-corrected chi connectivity index (χ3v) is 6.26. The van der Waals surface area contributed by atoms with E-state index < -0.39 is 9.84 Å². The Labute approximate surface area is 153 Å². The summed E-state index contributed by atoms with van der Waals surface area (Å²) in [6.45, 7) is 0. The summed E-state index contributed by atoms with van der Waals surface area (Å²) in [6, 6.07) is 10.4. The fourth-order valence-corrected chi connectivity index (χ4v) is 4.42. The van der Waals surface area contributed by atoms with Gasteiger partial charge in [-0.05, 0) is 42.7 Å². The van der Waals surface area contributed by atoms with E-state index in [1.165, 1.54) is 31.7 Å². The van der Waals surface area contributed by atoms with E-state index in [9.17, 15) is 8.42 Å². The summed E-state index contributed by atoms with van der Waals surface area (Å²) in [4.78, 5) is 0. The number of benzene rings is 1. The molecule has 1 aromatic carbocycles. The summed E-state index contributed by atoms with van der Waals surface area (Å²) in [7, 11) is -3.53. The smallest absolute Gasteiger partial charge is 0.201 e. The van der Waals surface area contributed by atoms with Gasteiger partial charge in [0.15, 0.2) is 5.03 Å². The maximum absolute atomic E-state index is 12.5. The Morgan fingerprint density at radius 2 is 1.64 bits per heavy atom. The summed E-state index contributed by atoms with van der Waals surface area (Å²) in [6.07, 6.45) is 7.26. The molecular weight excluding hydrogens is 358 g/mol. The molecule has 0 radical (unpaired) electrons. The van der Waals surface area contributed by atoms with E-state index in [1.54, 1.807) is 30.3 Å². The fraction of sp³-hybridized carbons (Fsp3) is 0.444. The van der Waals surface area contributed by atoms with E-state index in [0.717, 1.165) is 12.8 Å². The van der Waals surface area contributed by atoms with Crippen molar-refractivity contribution in [2.45, 2.75) is 55.3 Å². The highest BCUT2D eigenvalue weighted by Gasteiger charge is 2.18. The summed E-state index contributed by atoms with van der Waals surface area (Å²) < 4.78 is 25.0. The standard InChI is InChI=1S/C18H22ClN3O2S/c19-15-9-7-14(8-10-15)13-25(23,24)18-12-11-17(21-22-18)20-16-5-3-1-2-4-6-16/h7-12,16H,1-6,13H2,(H,20,21). The Bertz CT molecular complexity index is 784. The molecule has 5 nitrogen and oxygen atoms in total. The predicted octanol–water partition coefficient (Wildman–Crippen LogP) is 4.24. The normalized spacial score (nSPS) is 16.4. The lowest BCUT2D eigenvalue weighted by molar-refractivity contribution is 0.588. The molecule has 1 fully saturated rings. The van der Waals surface area contributed by atoms with E-state index in [0.29, 0.717) is 22.4 Å². The zero-order chi connectivity index (χ0) is 17.7. The molecule has 1 N–H and O–H groups in total. The molecule has 3 rings (SSSR count). The first-order chi connectivity index (χ1) is 12.0. The van der Waals surface area contributed by atoms with Crippen molar-refractivity contribution in [2.75, 3.05) is 5.32 Å². The Balaban J connectivity index is 1.67. The largest absolute Gasteiger partial charge is 0.366 e. The van der Waals surface area contributed by atoms with E-state index in [2.05, 4.69) is 15.5 Å². The average molecular weight is 380 g/mol. The van der Waals surface area contributed by atoms with Gasteiger partial charge >= 0.3 is 0 Å². The molecule has 0 saturated heterocycles. The molecule has 2 aromatic rings. The van der Waals surface area contributed by atoms with Crippen LogP contribution in [0.15, 0.2) is 41.4 Å². The van der Waals surface area contributed by atoms with Crippen LogP contribution in [-0.2, 0) is 15.6 Å². The molecule has 1 heterocycles. The zero-order valence-electron chi connectivity index (χ0n) is 14.0.